The van der Waals surface area contributed by atoms with Crippen LogP contribution in [-0.4, -0.2) is 22.8 Å². The molecule has 1 aromatic heterocycles. The average Bonchev–Trinajstić information content (AvgIpc) is 2.56. The Labute approximate surface area is 161 Å². The van der Waals surface area contributed by atoms with Crippen molar-refractivity contribution in [1.29, 1.82) is 0 Å². The zero-order chi connectivity index (χ0) is 21.1. The standard InChI is InChI=1S/C20H22F3N3O2/c1-11(2)24-19(28)15-7-5-6-12(3)18(15)26-17(27)10-14-8-9-16(20(21,22)23)25-13(14)4/h5-9,11H,10H2,1-4H3,(H,24,28)(H,26,27). The van der Waals surface area contributed by atoms with Gasteiger partial charge in [0.15, 0.2) is 0 Å². The molecular weight excluding hydrogens is 371 g/mol. The number of benzene rings is 1. The summed E-state index contributed by atoms with van der Waals surface area (Å²) >= 11 is 0. The summed E-state index contributed by atoms with van der Waals surface area (Å²) in [5.41, 5.74) is 0.917. The fourth-order valence-electron chi connectivity index (χ4n) is 2.65. The Morgan fingerprint density at radius 3 is 2.36 bits per heavy atom. The summed E-state index contributed by atoms with van der Waals surface area (Å²) in [6.45, 7) is 6.83. The lowest BCUT2D eigenvalue weighted by atomic mass is 10.1. The van der Waals surface area contributed by atoms with Gasteiger partial charge in [0.25, 0.3) is 5.91 Å². The SMILES string of the molecule is Cc1cccc(C(=O)NC(C)C)c1NC(=O)Cc1ccc(C(F)(F)F)nc1C. The molecule has 0 saturated heterocycles. The van der Waals surface area contributed by atoms with E-state index in [0.717, 1.165) is 6.07 Å². The van der Waals surface area contributed by atoms with Gasteiger partial charge in [-0.15, -0.1) is 0 Å². The Morgan fingerprint density at radius 2 is 1.79 bits per heavy atom. The van der Waals surface area contributed by atoms with Crippen LogP contribution in [0, 0.1) is 13.8 Å². The van der Waals surface area contributed by atoms with E-state index in [9.17, 15) is 22.8 Å². The number of carbonyl (C=O) groups excluding carboxylic acids is 2. The van der Waals surface area contributed by atoms with Gasteiger partial charge < -0.3 is 10.6 Å². The van der Waals surface area contributed by atoms with Gasteiger partial charge in [-0.25, -0.2) is 4.98 Å². The second-order valence-corrected chi connectivity index (χ2v) is 6.79. The van der Waals surface area contributed by atoms with Crippen molar-refractivity contribution in [3.8, 4) is 0 Å². The van der Waals surface area contributed by atoms with Crippen molar-refractivity contribution < 1.29 is 22.8 Å². The highest BCUT2D eigenvalue weighted by molar-refractivity contribution is 6.05. The lowest BCUT2D eigenvalue weighted by Gasteiger charge is -2.16. The Bertz CT molecular complexity index is 893. The topological polar surface area (TPSA) is 71.1 Å². The zero-order valence-corrected chi connectivity index (χ0v) is 16.1. The minimum absolute atomic E-state index is 0.0718. The van der Waals surface area contributed by atoms with Crippen LogP contribution in [0.25, 0.3) is 0 Å². The van der Waals surface area contributed by atoms with E-state index in [1.54, 1.807) is 25.1 Å². The third kappa shape index (κ3) is 5.31. The van der Waals surface area contributed by atoms with Gasteiger partial charge in [0.1, 0.15) is 5.69 Å². The van der Waals surface area contributed by atoms with E-state index in [1.165, 1.54) is 13.0 Å². The van der Waals surface area contributed by atoms with Crippen molar-refractivity contribution >= 4 is 17.5 Å². The third-order valence-corrected chi connectivity index (χ3v) is 4.04. The van der Waals surface area contributed by atoms with Crippen LogP contribution in [0.3, 0.4) is 0 Å². The fraction of sp³-hybridized carbons (Fsp3) is 0.350. The highest BCUT2D eigenvalue weighted by Crippen LogP contribution is 2.28. The molecule has 1 aromatic carbocycles. The summed E-state index contributed by atoms with van der Waals surface area (Å²) < 4.78 is 38.2. The number of anilines is 1. The summed E-state index contributed by atoms with van der Waals surface area (Å²) in [4.78, 5) is 28.4. The number of hydrogen-bond acceptors (Lipinski definition) is 3. The summed E-state index contributed by atoms with van der Waals surface area (Å²) in [7, 11) is 0. The number of alkyl halides is 3. The lowest BCUT2D eigenvalue weighted by Crippen LogP contribution is -2.31. The maximum atomic E-state index is 12.7. The number of nitrogens with zero attached hydrogens (tertiary/aromatic N) is 1. The van der Waals surface area contributed by atoms with E-state index in [4.69, 9.17) is 0 Å². The van der Waals surface area contributed by atoms with Crippen LogP contribution in [0.1, 0.15) is 46.7 Å². The van der Waals surface area contributed by atoms with Crippen molar-refractivity contribution in [2.75, 3.05) is 5.32 Å². The zero-order valence-electron chi connectivity index (χ0n) is 16.1. The van der Waals surface area contributed by atoms with Crippen molar-refractivity contribution in [2.24, 2.45) is 0 Å². The molecule has 2 amide bonds. The minimum Gasteiger partial charge on any atom is -0.350 e. The molecule has 0 aliphatic carbocycles. The summed E-state index contributed by atoms with van der Waals surface area (Å²) in [6.07, 6.45) is -4.69. The molecule has 2 N–H and O–H groups in total. The van der Waals surface area contributed by atoms with E-state index in [0.29, 0.717) is 22.4 Å². The van der Waals surface area contributed by atoms with Crippen molar-refractivity contribution in [1.82, 2.24) is 10.3 Å². The molecule has 150 valence electrons. The number of nitrogens with one attached hydrogen (secondary N) is 2. The molecule has 0 radical (unpaired) electrons. The Hall–Kier alpha value is -2.90. The summed E-state index contributed by atoms with van der Waals surface area (Å²) in [5.74, 6) is -0.765. The summed E-state index contributed by atoms with van der Waals surface area (Å²) in [5, 5.41) is 5.48. The first-order chi connectivity index (χ1) is 13.0. The van der Waals surface area contributed by atoms with Crippen LogP contribution >= 0.6 is 0 Å². The molecule has 8 heteroatoms. The van der Waals surface area contributed by atoms with E-state index in [-0.39, 0.29) is 24.1 Å². The lowest BCUT2D eigenvalue weighted by molar-refractivity contribution is -0.141. The number of aryl methyl sites for hydroxylation is 2. The van der Waals surface area contributed by atoms with Gasteiger partial charge in [-0.05, 0) is 51.0 Å². The fourth-order valence-corrected chi connectivity index (χ4v) is 2.65. The first-order valence-corrected chi connectivity index (χ1v) is 8.73. The highest BCUT2D eigenvalue weighted by Gasteiger charge is 2.32. The number of rotatable bonds is 5. The number of halogens is 3. The normalized spacial score (nSPS) is 11.4. The molecule has 5 nitrogen and oxygen atoms in total. The maximum Gasteiger partial charge on any atom is 0.433 e. The van der Waals surface area contributed by atoms with Gasteiger partial charge in [0, 0.05) is 11.7 Å². The van der Waals surface area contributed by atoms with Crippen molar-refractivity contribution in [3.05, 3.63) is 58.4 Å². The number of amides is 2. The van der Waals surface area contributed by atoms with Crippen LogP contribution in [-0.2, 0) is 17.4 Å². The predicted molar refractivity (Wildman–Crippen MR) is 100 cm³/mol. The molecule has 1 heterocycles. The van der Waals surface area contributed by atoms with E-state index < -0.39 is 17.8 Å². The monoisotopic (exact) mass is 393 g/mol. The van der Waals surface area contributed by atoms with Crippen LogP contribution in [0.4, 0.5) is 18.9 Å². The predicted octanol–water partition coefficient (Wildman–Crippen LogP) is 4.04. The molecule has 0 saturated carbocycles. The molecule has 0 atom stereocenters. The maximum absolute atomic E-state index is 12.7. The number of pyridine rings is 1. The van der Waals surface area contributed by atoms with E-state index >= 15 is 0 Å². The summed E-state index contributed by atoms with van der Waals surface area (Å²) in [6, 6.07) is 7.10. The molecule has 2 aromatic rings. The van der Waals surface area contributed by atoms with Crippen molar-refractivity contribution in [3.63, 3.8) is 0 Å². The number of carbonyl (C=O) groups is 2. The number of hydrogen-bond donors (Lipinski definition) is 2. The van der Waals surface area contributed by atoms with Crippen molar-refractivity contribution in [2.45, 2.75) is 46.3 Å². The van der Waals surface area contributed by atoms with Gasteiger partial charge >= 0.3 is 6.18 Å². The Kier molecular flexibility index (Phi) is 6.43. The van der Waals surface area contributed by atoms with E-state index in [2.05, 4.69) is 15.6 Å². The molecule has 0 bridgehead atoms. The third-order valence-electron chi connectivity index (χ3n) is 4.04. The largest absolute Gasteiger partial charge is 0.433 e. The van der Waals surface area contributed by atoms with Crippen LogP contribution in [0.15, 0.2) is 30.3 Å². The van der Waals surface area contributed by atoms with Gasteiger partial charge in [-0.1, -0.05) is 18.2 Å². The number of para-hydroxylation sites is 1. The first-order valence-electron chi connectivity index (χ1n) is 8.73. The molecule has 2 rings (SSSR count). The van der Waals surface area contributed by atoms with Gasteiger partial charge in [-0.2, -0.15) is 13.2 Å². The molecular formula is C20H22F3N3O2. The molecule has 0 aliphatic heterocycles. The van der Waals surface area contributed by atoms with Crippen LogP contribution in [0.2, 0.25) is 0 Å². The molecule has 0 spiro atoms. The minimum atomic E-state index is -4.54. The van der Waals surface area contributed by atoms with Gasteiger partial charge in [-0.3, -0.25) is 9.59 Å². The Morgan fingerprint density at radius 1 is 1.11 bits per heavy atom. The second kappa shape index (κ2) is 8.41. The smallest absolute Gasteiger partial charge is 0.350 e. The molecule has 0 fully saturated rings. The quantitative estimate of drug-likeness (QED) is 0.806. The van der Waals surface area contributed by atoms with E-state index in [1.807, 2.05) is 13.8 Å². The highest BCUT2D eigenvalue weighted by atomic mass is 19.4. The van der Waals surface area contributed by atoms with Gasteiger partial charge in [0.05, 0.1) is 17.7 Å². The average molecular weight is 393 g/mol. The first kappa shape index (κ1) is 21.4. The second-order valence-electron chi connectivity index (χ2n) is 6.79. The molecule has 0 aliphatic rings. The number of aromatic nitrogens is 1. The Balaban J connectivity index is 2.21. The molecule has 28 heavy (non-hydrogen) atoms. The van der Waals surface area contributed by atoms with Crippen LogP contribution < -0.4 is 10.6 Å². The molecule has 0 unspecified atom stereocenters. The van der Waals surface area contributed by atoms with Crippen LogP contribution in [0.5, 0.6) is 0 Å². The van der Waals surface area contributed by atoms with Gasteiger partial charge in [0.2, 0.25) is 5.91 Å².